The maximum atomic E-state index is 11.3. The lowest BCUT2D eigenvalue weighted by Crippen LogP contribution is -2.45. The standard InChI is InChI=1S/C10H17NO2/c1-13-9(12)8(11)10-4-2-7(6-10)3-5-10/h7-8H,2-6,11H2,1H3. The molecule has 2 fully saturated rings. The van der Waals surface area contributed by atoms with Crippen molar-refractivity contribution >= 4 is 5.97 Å². The van der Waals surface area contributed by atoms with Gasteiger partial charge < -0.3 is 10.5 Å². The van der Waals surface area contributed by atoms with Gasteiger partial charge >= 0.3 is 5.97 Å². The first kappa shape index (κ1) is 9.00. The van der Waals surface area contributed by atoms with Crippen LogP contribution in [0.2, 0.25) is 0 Å². The first-order chi connectivity index (χ1) is 6.18. The summed E-state index contributed by atoms with van der Waals surface area (Å²) in [7, 11) is 1.42. The first-order valence-corrected chi connectivity index (χ1v) is 5.01. The van der Waals surface area contributed by atoms with Gasteiger partial charge in [0.15, 0.2) is 0 Å². The van der Waals surface area contributed by atoms with E-state index in [9.17, 15) is 4.79 Å². The lowest BCUT2D eigenvalue weighted by atomic mass is 9.78. The van der Waals surface area contributed by atoms with Crippen LogP contribution in [0.1, 0.15) is 32.1 Å². The van der Waals surface area contributed by atoms with Crippen LogP contribution in [0.3, 0.4) is 0 Å². The molecule has 0 saturated heterocycles. The molecule has 3 nitrogen and oxygen atoms in total. The van der Waals surface area contributed by atoms with Crippen LogP contribution in [0, 0.1) is 11.3 Å². The molecule has 0 aromatic rings. The van der Waals surface area contributed by atoms with Gasteiger partial charge in [-0.3, -0.25) is 4.79 Å². The molecule has 0 heterocycles. The van der Waals surface area contributed by atoms with Gasteiger partial charge in [-0.2, -0.15) is 0 Å². The lowest BCUT2D eigenvalue weighted by molar-refractivity contribution is -0.145. The van der Waals surface area contributed by atoms with Crippen molar-refractivity contribution in [1.82, 2.24) is 0 Å². The third-order valence-corrected chi connectivity index (χ3v) is 3.91. The van der Waals surface area contributed by atoms with Gasteiger partial charge in [-0.05, 0) is 43.4 Å². The second-order valence-corrected chi connectivity index (χ2v) is 4.51. The average Bonchev–Trinajstić information content (AvgIpc) is 2.76. The van der Waals surface area contributed by atoms with Crippen LogP contribution in [0.15, 0.2) is 0 Å². The van der Waals surface area contributed by atoms with Crippen molar-refractivity contribution in [3.63, 3.8) is 0 Å². The summed E-state index contributed by atoms with van der Waals surface area (Å²) in [5.74, 6) is 0.596. The molecule has 1 atom stereocenters. The quantitative estimate of drug-likeness (QED) is 0.651. The van der Waals surface area contributed by atoms with Crippen molar-refractivity contribution in [3.05, 3.63) is 0 Å². The summed E-state index contributed by atoms with van der Waals surface area (Å²) < 4.78 is 4.71. The Bertz CT molecular complexity index is 219. The first-order valence-electron chi connectivity index (χ1n) is 5.01. The highest BCUT2D eigenvalue weighted by Crippen LogP contribution is 2.55. The van der Waals surface area contributed by atoms with Crippen molar-refractivity contribution < 1.29 is 9.53 Å². The van der Waals surface area contributed by atoms with Crippen molar-refractivity contribution in [2.24, 2.45) is 17.1 Å². The Morgan fingerprint density at radius 1 is 1.54 bits per heavy atom. The number of methoxy groups -OCH3 is 1. The highest BCUT2D eigenvalue weighted by Gasteiger charge is 2.51. The number of carbonyl (C=O) groups is 1. The van der Waals surface area contributed by atoms with Crippen LogP contribution in [-0.4, -0.2) is 19.1 Å². The Morgan fingerprint density at radius 3 is 2.54 bits per heavy atom. The summed E-state index contributed by atoms with van der Waals surface area (Å²) >= 11 is 0. The number of carbonyl (C=O) groups excluding carboxylic acids is 1. The van der Waals surface area contributed by atoms with Gasteiger partial charge in [-0.1, -0.05) is 0 Å². The fourth-order valence-electron chi connectivity index (χ4n) is 3.05. The van der Waals surface area contributed by atoms with Crippen molar-refractivity contribution in [2.45, 2.75) is 38.1 Å². The van der Waals surface area contributed by atoms with Gasteiger partial charge in [0, 0.05) is 0 Å². The van der Waals surface area contributed by atoms with Crippen molar-refractivity contribution in [3.8, 4) is 0 Å². The molecule has 2 rings (SSSR count). The van der Waals surface area contributed by atoms with Crippen LogP contribution in [0.5, 0.6) is 0 Å². The van der Waals surface area contributed by atoms with Gasteiger partial charge in [0.05, 0.1) is 7.11 Å². The second-order valence-electron chi connectivity index (χ2n) is 4.51. The molecule has 0 aliphatic heterocycles. The Balaban J connectivity index is 2.10. The molecule has 3 heteroatoms. The van der Waals surface area contributed by atoms with Crippen molar-refractivity contribution in [1.29, 1.82) is 0 Å². The summed E-state index contributed by atoms with van der Waals surface area (Å²) in [6, 6.07) is -0.384. The zero-order chi connectivity index (χ0) is 9.47. The van der Waals surface area contributed by atoms with Gasteiger partial charge in [0.1, 0.15) is 6.04 Å². The summed E-state index contributed by atoms with van der Waals surface area (Å²) in [6.45, 7) is 0. The molecule has 2 saturated carbocycles. The van der Waals surface area contributed by atoms with E-state index in [0.717, 1.165) is 25.2 Å². The molecule has 74 valence electrons. The number of ether oxygens (including phenoxy) is 1. The second kappa shape index (κ2) is 2.98. The molecular formula is C10H17NO2. The molecule has 13 heavy (non-hydrogen) atoms. The monoisotopic (exact) mass is 183 g/mol. The molecule has 0 aromatic carbocycles. The number of rotatable bonds is 2. The molecule has 1 unspecified atom stereocenters. The maximum absolute atomic E-state index is 11.3. The van der Waals surface area contributed by atoms with Gasteiger partial charge in [-0.15, -0.1) is 0 Å². The Kier molecular flexibility index (Phi) is 2.06. The minimum absolute atomic E-state index is 0.0950. The van der Waals surface area contributed by atoms with Gasteiger partial charge in [0.2, 0.25) is 0 Å². The number of hydrogen-bond acceptors (Lipinski definition) is 3. The van der Waals surface area contributed by atoms with Crippen LogP contribution in [0.4, 0.5) is 0 Å². The summed E-state index contributed by atoms with van der Waals surface area (Å²) in [4.78, 5) is 11.3. The molecule has 2 N–H and O–H groups in total. The van der Waals surface area contributed by atoms with E-state index in [-0.39, 0.29) is 17.4 Å². The topological polar surface area (TPSA) is 52.3 Å². The molecule has 0 aromatic heterocycles. The zero-order valence-corrected chi connectivity index (χ0v) is 8.08. The molecule has 2 aliphatic rings. The highest BCUT2D eigenvalue weighted by molar-refractivity contribution is 5.76. The molecule has 0 spiro atoms. The predicted octanol–water partition coefficient (Wildman–Crippen LogP) is 1.07. The fraction of sp³-hybridized carbons (Fsp3) is 0.900. The fourth-order valence-corrected chi connectivity index (χ4v) is 3.05. The minimum Gasteiger partial charge on any atom is -0.468 e. The third kappa shape index (κ3) is 1.26. The van der Waals surface area contributed by atoms with Gasteiger partial charge in [-0.25, -0.2) is 0 Å². The number of esters is 1. The van der Waals surface area contributed by atoms with Crippen molar-refractivity contribution in [2.75, 3.05) is 7.11 Å². The Morgan fingerprint density at radius 2 is 2.15 bits per heavy atom. The van der Waals surface area contributed by atoms with Crippen LogP contribution >= 0.6 is 0 Å². The highest BCUT2D eigenvalue weighted by atomic mass is 16.5. The van der Waals surface area contributed by atoms with E-state index in [2.05, 4.69) is 0 Å². The Hall–Kier alpha value is -0.570. The summed E-state index contributed by atoms with van der Waals surface area (Å²) in [5.41, 5.74) is 6.03. The average molecular weight is 183 g/mol. The molecule has 0 radical (unpaired) electrons. The normalized spacial score (nSPS) is 39.1. The number of nitrogens with two attached hydrogens (primary N) is 1. The third-order valence-electron chi connectivity index (χ3n) is 3.91. The van der Waals surface area contributed by atoms with E-state index < -0.39 is 0 Å². The molecule has 2 bridgehead atoms. The van der Waals surface area contributed by atoms with E-state index in [1.165, 1.54) is 20.0 Å². The van der Waals surface area contributed by atoms with Gasteiger partial charge in [0.25, 0.3) is 0 Å². The maximum Gasteiger partial charge on any atom is 0.323 e. The van der Waals surface area contributed by atoms with Crippen LogP contribution in [-0.2, 0) is 9.53 Å². The zero-order valence-electron chi connectivity index (χ0n) is 8.08. The van der Waals surface area contributed by atoms with E-state index >= 15 is 0 Å². The number of fused-ring (bicyclic) bond motifs is 2. The molecule has 0 amide bonds. The minimum atomic E-state index is -0.384. The predicted molar refractivity (Wildman–Crippen MR) is 49.0 cm³/mol. The molecule has 2 aliphatic carbocycles. The SMILES string of the molecule is COC(=O)C(N)C12CCC(CC1)C2. The lowest BCUT2D eigenvalue weighted by Gasteiger charge is -2.31. The van der Waals surface area contributed by atoms with E-state index in [4.69, 9.17) is 10.5 Å². The summed E-state index contributed by atoms with van der Waals surface area (Å²) in [6.07, 6.45) is 5.89. The van der Waals surface area contributed by atoms with E-state index in [1.54, 1.807) is 0 Å². The van der Waals surface area contributed by atoms with Crippen LogP contribution < -0.4 is 5.73 Å². The largest absolute Gasteiger partial charge is 0.468 e. The summed E-state index contributed by atoms with van der Waals surface area (Å²) in [5, 5.41) is 0. The van der Waals surface area contributed by atoms with E-state index in [1.807, 2.05) is 0 Å². The van der Waals surface area contributed by atoms with Crippen LogP contribution in [0.25, 0.3) is 0 Å². The molecular weight excluding hydrogens is 166 g/mol. The Labute approximate surface area is 78.6 Å². The number of hydrogen-bond donors (Lipinski definition) is 1. The smallest absolute Gasteiger partial charge is 0.323 e. The van der Waals surface area contributed by atoms with E-state index in [0.29, 0.717) is 0 Å².